The highest BCUT2D eigenvalue weighted by Gasteiger charge is 2.03. The smallest absolute Gasteiger partial charge is 0.0626 e. The van der Waals surface area contributed by atoms with Crippen molar-refractivity contribution < 1.29 is 0 Å². The van der Waals surface area contributed by atoms with E-state index in [9.17, 15) is 0 Å². The van der Waals surface area contributed by atoms with Gasteiger partial charge in [0.1, 0.15) is 0 Å². The summed E-state index contributed by atoms with van der Waals surface area (Å²) < 4.78 is 0. The second-order valence-electron chi connectivity index (χ2n) is 4.39. The van der Waals surface area contributed by atoms with Gasteiger partial charge in [-0.05, 0) is 48.7 Å². The minimum atomic E-state index is 0.745. The monoisotopic (exact) mass is 241 g/mol. The van der Waals surface area contributed by atoms with E-state index in [1.807, 2.05) is 30.5 Å². The number of benzene rings is 1. The third-order valence-corrected chi connectivity index (χ3v) is 3.06. The maximum Gasteiger partial charge on any atom is 0.0626 e. The van der Waals surface area contributed by atoms with Crippen molar-refractivity contribution in [3.8, 4) is 0 Å². The van der Waals surface area contributed by atoms with E-state index in [0.717, 1.165) is 35.6 Å². The number of aryl methyl sites for hydroxylation is 2. The van der Waals surface area contributed by atoms with Crippen LogP contribution in [-0.4, -0.2) is 4.98 Å². The number of anilines is 2. The number of hydrogen-bond acceptors (Lipinski definition) is 3. The number of hydrogen-bond donors (Lipinski definition) is 2. The Balaban J connectivity index is 2.11. The number of rotatable bonds is 4. The van der Waals surface area contributed by atoms with Crippen molar-refractivity contribution in [2.24, 2.45) is 0 Å². The molecule has 0 unspecified atom stereocenters. The molecule has 2 rings (SSSR count). The van der Waals surface area contributed by atoms with Crippen LogP contribution in [0.15, 0.2) is 36.5 Å². The van der Waals surface area contributed by atoms with Crippen molar-refractivity contribution >= 4 is 11.4 Å². The molecule has 1 aromatic heterocycles. The standard InChI is InChI=1S/C15H19N3/c1-3-12-5-4-8-17-15(12)10-18-14-7-6-13(16)9-11(14)2/h4-9,18H,3,10,16H2,1-2H3. The minimum absolute atomic E-state index is 0.745. The first-order chi connectivity index (χ1) is 8.70. The zero-order valence-corrected chi connectivity index (χ0v) is 10.9. The van der Waals surface area contributed by atoms with E-state index >= 15 is 0 Å². The molecule has 0 aliphatic carbocycles. The van der Waals surface area contributed by atoms with Crippen LogP contribution in [0.1, 0.15) is 23.7 Å². The van der Waals surface area contributed by atoms with Crippen LogP contribution in [0.25, 0.3) is 0 Å². The number of nitrogens with zero attached hydrogens (tertiary/aromatic N) is 1. The van der Waals surface area contributed by atoms with Crippen LogP contribution in [0.4, 0.5) is 11.4 Å². The van der Waals surface area contributed by atoms with Gasteiger partial charge >= 0.3 is 0 Å². The number of nitrogen functional groups attached to an aromatic ring is 1. The van der Waals surface area contributed by atoms with Gasteiger partial charge in [-0.1, -0.05) is 13.0 Å². The lowest BCUT2D eigenvalue weighted by atomic mass is 10.1. The number of pyridine rings is 1. The molecule has 1 heterocycles. The first-order valence-electron chi connectivity index (χ1n) is 6.23. The average molecular weight is 241 g/mol. The molecule has 0 aliphatic heterocycles. The summed E-state index contributed by atoms with van der Waals surface area (Å²) in [5.41, 5.74) is 11.2. The van der Waals surface area contributed by atoms with Crippen molar-refractivity contribution in [2.45, 2.75) is 26.8 Å². The molecule has 0 amide bonds. The van der Waals surface area contributed by atoms with Gasteiger partial charge in [0.2, 0.25) is 0 Å². The van der Waals surface area contributed by atoms with Gasteiger partial charge in [-0.25, -0.2) is 0 Å². The average Bonchev–Trinajstić information content (AvgIpc) is 2.38. The molecule has 0 saturated carbocycles. The minimum Gasteiger partial charge on any atom is -0.399 e. The maximum absolute atomic E-state index is 5.74. The predicted octanol–water partition coefficient (Wildman–Crippen LogP) is 3.15. The van der Waals surface area contributed by atoms with E-state index in [1.54, 1.807) is 0 Å². The Labute approximate surface area is 108 Å². The van der Waals surface area contributed by atoms with Crippen LogP contribution in [0.3, 0.4) is 0 Å². The van der Waals surface area contributed by atoms with Crippen LogP contribution in [0.2, 0.25) is 0 Å². The first-order valence-corrected chi connectivity index (χ1v) is 6.23. The molecule has 0 bridgehead atoms. The Bertz CT molecular complexity index is 535. The van der Waals surface area contributed by atoms with Crippen LogP contribution in [-0.2, 0) is 13.0 Å². The van der Waals surface area contributed by atoms with E-state index in [0.29, 0.717) is 0 Å². The molecule has 3 nitrogen and oxygen atoms in total. The fraction of sp³-hybridized carbons (Fsp3) is 0.267. The molecule has 0 aliphatic rings. The van der Waals surface area contributed by atoms with E-state index in [-0.39, 0.29) is 0 Å². The van der Waals surface area contributed by atoms with E-state index < -0.39 is 0 Å². The van der Waals surface area contributed by atoms with E-state index in [1.165, 1.54) is 5.56 Å². The summed E-state index contributed by atoms with van der Waals surface area (Å²) in [4.78, 5) is 4.42. The summed E-state index contributed by atoms with van der Waals surface area (Å²) in [7, 11) is 0. The predicted molar refractivity (Wildman–Crippen MR) is 76.5 cm³/mol. The van der Waals surface area contributed by atoms with Crippen molar-refractivity contribution in [3.05, 3.63) is 53.3 Å². The fourth-order valence-electron chi connectivity index (χ4n) is 2.02. The quantitative estimate of drug-likeness (QED) is 0.808. The SMILES string of the molecule is CCc1cccnc1CNc1ccc(N)cc1C. The Kier molecular flexibility index (Phi) is 3.82. The molecule has 0 radical (unpaired) electrons. The summed E-state index contributed by atoms with van der Waals surface area (Å²) in [5.74, 6) is 0. The van der Waals surface area contributed by atoms with Gasteiger partial charge in [-0.2, -0.15) is 0 Å². The molecule has 0 spiro atoms. The number of nitrogens with one attached hydrogen (secondary N) is 1. The zero-order chi connectivity index (χ0) is 13.0. The molecule has 18 heavy (non-hydrogen) atoms. The van der Waals surface area contributed by atoms with E-state index in [4.69, 9.17) is 5.73 Å². The van der Waals surface area contributed by atoms with Crippen LogP contribution in [0, 0.1) is 6.92 Å². The third kappa shape index (κ3) is 2.80. The second-order valence-corrected chi connectivity index (χ2v) is 4.39. The summed E-state index contributed by atoms with van der Waals surface area (Å²) in [6.07, 6.45) is 2.84. The first kappa shape index (κ1) is 12.4. The molecule has 94 valence electrons. The van der Waals surface area contributed by atoms with Gasteiger partial charge in [-0.15, -0.1) is 0 Å². The summed E-state index contributed by atoms with van der Waals surface area (Å²) >= 11 is 0. The fourth-order valence-corrected chi connectivity index (χ4v) is 2.02. The lowest BCUT2D eigenvalue weighted by Crippen LogP contribution is -2.06. The van der Waals surface area contributed by atoms with Gasteiger partial charge in [-0.3, -0.25) is 4.98 Å². The largest absolute Gasteiger partial charge is 0.399 e. The lowest BCUT2D eigenvalue weighted by Gasteiger charge is -2.11. The van der Waals surface area contributed by atoms with Crippen molar-refractivity contribution in [1.82, 2.24) is 4.98 Å². The summed E-state index contributed by atoms with van der Waals surface area (Å²) in [5, 5.41) is 3.41. The van der Waals surface area contributed by atoms with Crippen molar-refractivity contribution in [1.29, 1.82) is 0 Å². The molecule has 3 N–H and O–H groups in total. The Morgan fingerprint density at radius 2 is 2.11 bits per heavy atom. The molecule has 1 aromatic carbocycles. The third-order valence-electron chi connectivity index (χ3n) is 3.06. The Morgan fingerprint density at radius 3 is 2.83 bits per heavy atom. The lowest BCUT2D eigenvalue weighted by molar-refractivity contribution is 0.970. The molecule has 0 atom stereocenters. The van der Waals surface area contributed by atoms with Crippen LogP contribution >= 0.6 is 0 Å². The number of aromatic nitrogens is 1. The molecule has 0 fully saturated rings. The molecular formula is C15H19N3. The molecule has 2 aromatic rings. The maximum atomic E-state index is 5.74. The van der Waals surface area contributed by atoms with Gasteiger partial charge in [0.15, 0.2) is 0 Å². The van der Waals surface area contributed by atoms with Gasteiger partial charge < -0.3 is 11.1 Å². The highest BCUT2D eigenvalue weighted by molar-refractivity contribution is 5.57. The van der Waals surface area contributed by atoms with E-state index in [2.05, 4.69) is 30.2 Å². The molecule has 0 saturated heterocycles. The molecule has 3 heteroatoms. The highest BCUT2D eigenvalue weighted by Crippen LogP contribution is 2.18. The van der Waals surface area contributed by atoms with Gasteiger partial charge in [0, 0.05) is 17.6 Å². The summed E-state index contributed by atoms with van der Waals surface area (Å²) in [6.45, 7) is 4.95. The Hall–Kier alpha value is -2.03. The van der Waals surface area contributed by atoms with Crippen molar-refractivity contribution in [2.75, 3.05) is 11.1 Å². The van der Waals surface area contributed by atoms with Gasteiger partial charge in [0.25, 0.3) is 0 Å². The second kappa shape index (κ2) is 5.54. The Morgan fingerprint density at radius 1 is 1.28 bits per heavy atom. The number of nitrogens with two attached hydrogens (primary N) is 1. The topological polar surface area (TPSA) is 50.9 Å². The van der Waals surface area contributed by atoms with Gasteiger partial charge in [0.05, 0.1) is 12.2 Å². The van der Waals surface area contributed by atoms with Crippen LogP contribution in [0.5, 0.6) is 0 Å². The van der Waals surface area contributed by atoms with Crippen LogP contribution < -0.4 is 11.1 Å². The normalized spacial score (nSPS) is 10.3. The molecular weight excluding hydrogens is 222 g/mol. The highest BCUT2D eigenvalue weighted by atomic mass is 14.9. The van der Waals surface area contributed by atoms with Crippen molar-refractivity contribution in [3.63, 3.8) is 0 Å². The zero-order valence-electron chi connectivity index (χ0n) is 10.9. The summed E-state index contributed by atoms with van der Waals surface area (Å²) in [6, 6.07) is 10.0.